The molecule has 7 nitrogen and oxygen atoms in total. The lowest BCUT2D eigenvalue weighted by Gasteiger charge is -2.13. The Morgan fingerprint density at radius 2 is 1.86 bits per heavy atom. The Morgan fingerprint density at radius 3 is 2.54 bits per heavy atom. The number of benzene rings is 3. The van der Waals surface area contributed by atoms with Crippen molar-refractivity contribution in [2.75, 3.05) is 17.7 Å². The Hall–Kier alpha value is -3.38. The quantitative estimate of drug-likeness (QED) is 0.418. The summed E-state index contributed by atoms with van der Waals surface area (Å²) in [5.41, 5.74) is 3.07. The molecule has 0 saturated heterocycles. The van der Waals surface area contributed by atoms with E-state index in [1.54, 1.807) is 37.3 Å². The molecule has 0 aliphatic heterocycles. The molecule has 0 atom stereocenters. The van der Waals surface area contributed by atoms with Crippen LogP contribution in [0.15, 0.2) is 59.5 Å². The molecule has 2 N–H and O–H groups in total. The molecule has 3 aromatic carbocycles. The number of sulfone groups is 1. The van der Waals surface area contributed by atoms with Crippen molar-refractivity contribution in [2.24, 2.45) is 0 Å². The van der Waals surface area contributed by atoms with Crippen LogP contribution in [-0.4, -0.2) is 31.8 Å². The van der Waals surface area contributed by atoms with Crippen LogP contribution < -0.4 is 10.1 Å². The minimum absolute atomic E-state index is 0.0750. The van der Waals surface area contributed by atoms with Gasteiger partial charge in [0.25, 0.3) is 0 Å². The van der Waals surface area contributed by atoms with Crippen molar-refractivity contribution >= 4 is 33.0 Å². The molecule has 9 heteroatoms. The predicted molar refractivity (Wildman–Crippen MR) is 135 cm³/mol. The lowest BCUT2D eigenvalue weighted by molar-refractivity contribution is -0.115. The van der Waals surface area contributed by atoms with E-state index in [0.717, 1.165) is 5.56 Å². The first-order valence-corrected chi connectivity index (χ1v) is 12.9. The van der Waals surface area contributed by atoms with Gasteiger partial charge < -0.3 is 15.2 Å². The number of aryl methyl sites for hydroxylation is 2. The molecule has 35 heavy (non-hydrogen) atoms. The molecule has 0 heterocycles. The van der Waals surface area contributed by atoms with Crippen LogP contribution in [-0.2, 0) is 21.1 Å². The molecule has 0 bridgehead atoms. The number of anilines is 1. The SMILES string of the molecule is Cc1cc(S(=O)(=O)CCCO)ccc1NC(=O)Cc1ccc(C)c(Oc2cc(Cl)cc(C#N)c2)c1. The minimum Gasteiger partial charge on any atom is -0.457 e. The number of carbonyl (C=O) groups excluding carboxylic acids is 1. The van der Waals surface area contributed by atoms with E-state index in [-0.39, 0.29) is 36.0 Å². The number of nitrogens with one attached hydrogen (secondary N) is 1. The van der Waals surface area contributed by atoms with Crippen molar-refractivity contribution in [3.05, 3.63) is 81.9 Å². The Bertz CT molecular complexity index is 1400. The first-order chi connectivity index (χ1) is 16.6. The van der Waals surface area contributed by atoms with E-state index < -0.39 is 9.84 Å². The van der Waals surface area contributed by atoms with Crippen molar-refractivity contribution in [1.82, 2.24) is 0 Å². The highest BCUT2D eigenvalue weighted by atomic mass is 35.5. The van der Waals surface area contributed by atoms with Crippen LogP contribution in [0.5, 0.6) is 11.5 Å². The number of halogens is 1. The zero-order valence-electron chi connectivity index (χ0n) is 19.3. The summed E-state index contributed by atoms with van der Waals surface area (Å²) < 4.78 is 30.6. The summed E-state index contributed by atoms with van der Waals surface area (Å²) in [6.07, 6.45) is 0.241. The van der Waals surface area contributed by atoms with Gasteiger partial charge in [-0.3, -0.25) is 4.79 Å². The zero-order chi connectivity index (χ0) is 25.6. The summed E-state index contributed by atoms with van der Waals surface area (Å²) in [5, 5.41) is 21.2. The van der Waals surface area contributed by atoms with Gasteiger partial charge in [0.15, 0.2) is 9.84 Å². The van der Waals surface area contributed by atoms with E-state index in [0.29, 0.717) is 38.9 Å². The normalized spacial score (nSPS) is 11.1. The predicted octanol–water partition coefficient (Wildman–Crippen LogP) is 4.96. The third kappa shape index (κ3) is 7.06. The molecule has 0 fully saturated rings. The summed E-state index contributed by atoms with van der Waals surface area (Å²) in [6.45, 7) is 3.39. The highest BCUT2D eigenvalue weighted by molar-refractivity contribution is 7.91. The minimum atomic E-state index is -3.49. The van der Waals surface area contributed by atoms with E-state index in [9.17, 15) is 13.2 Å². The summed E-state index contributed by atoms with van der Waals surface area (Å²) in [4.78, 5) is 12.8. The molecule has 0 unspecified atom stereocenters. The molecule has 182 valence electrons. The number of aliphatic hydroxyl groups excluding tert-OH is 1. The zero-order valence-corrected chi connectivity index (χ0v) is 20.9. The second kappa shape index (κ2) is 11.4. The first-order valence-electron chi connectivity index (χ1n) is 10.8. The Balaban J connectivity index is 1.72. The fourth-order valence-corrected chi connectivity index (χ4v) is 5.00. The van der Waals surface area contributed by atoms with Gasteiger partial charge >= 0.3 is 0 Å². The first kappa shape index (κ1) is 26.2. The van der Waals surface area contributed by atoms with Gasteiger partial charge in [-0.2, -0.15) is 5.26 Å². The number of nitrogens with zero attached hydrogens (tertiary/aromatic N) is 1. The van der Waals surface area contributed by atoms with Crippen LogP contribution in [0, 0.1) is 25.2 Å². The van der Waals surface area contributed by atoms with Crippen LogP contribution >= 0.6 is 11.6 Å². The molecular weight excluding hydrogens is 488 g/mol. The molecule has 0 saturated carbocycles. The highest BCUT2D eigenvalue weighted by Crippen LogP contribution is 2.29. The second-order valence-corrected chi connectivity index (χ2v) is 10.6. The maximum Gasteiger partial charge on any atom is 0.228 e. The molecule has 0 aromatic heterocycles. The van der Waals surface area contributed by atoms with E-state index in [1.807, 2.05) is 25.1 Å². The van der Waals surface area contributed by atoms with Crippen molar-refractivity contribution < 1.29 is 23.1 Å². The number of rotatable bonds is 9. The third-order valence-corrected chi connectivity index (χ3v) is 7.26. The molecule has 1 amide bonds. The van der Waals surface area contributed by atoms with Gasteiger partial charge in [0.1, 0.15) is 11.5 Å². The molecule has 0 aliphatic rings. The van der Waals surface area contributed by atoms with E-state index in [4.69, 9.17) is 26.7 Å². The van der Waals surface area contributed by atoms with Crippen LogP contribution in [0.25, 0.3) is 0 Å². The van der Waals surface area contributed by atoms with Crippen molar-refractivity contribution in [3.63, 3.8) is 0 Å². The Morgan fingerprint density at radius 1 is 1.09 bits per heavy atom. The van der Waals surface area contributed by atoms with Crippen LogP contribution in [0.3, 0.4) is 0 Å². The van der Waals surface area contributed by atoms with E-state index in [2.05, 4.69) is 5.32 Å². The molecular formula is C26H25ClN2O5S. The maximum absolute atomic E-state index is 12.7. The van der Waals surface area contributed by atoms with Crippen LogP contribution in [0.2, 0.25) is 5.02 Å². The monoisotopic (exact) mass is 512 g/mol. The van der Waals surface area contributed by atoms with Gasteiger partial charge in [-0.15, -0.1) is 0 Å². The van der Waals surface area contributed by atoms with E-state index in [1.165, 1.54) is 12.1 Å². The van der Waals surface area contributed by atoms with Gasteiger partial charge in [-0.05, 0) is 79.4 Å². The van der Waals surface area contributed by atoms with Crippen molar-refractivity contribution in [1.29, 1.82) is 5.26 Å². The standard InChI is InChI=1S/C26H25ClN2O5S/c1-17-4-5-19(13-25(17)34-22-12-20(16-28)11-21(27)15-22)14-26(31)29-24-7-6-23(10-18(24)2)35(32,33)9-3-8-30/h4-7,10-13,15,30H,3,8-9,14H2,1-2H3,(H,29,31). The van der Waals surface area contributed by atoms with Crippen LogP contribution in [0.1, 0.15) is 28.7 Å². The molecule has 0 aliphatic carbocycles. The molecule has 3 aromatic rings. The number of carbonyl (C=O) groups is 1. The largest absolute Gasteiger partial charge is 0.457 e. The average molecular weight is 513 g/mol. The Kier molecular flexibility index (Phi) is 8.52. The van der Waals surface area contributed by atoms with Crippen LogP contribution in [0.4, 0.5) is 5.69 Å². The summed E-state index contributed by atoms with van der Waals surface area (Å²) in [7, 11) is -3.49. The summed E-state index contributed by atoms with van der Waals surface area (Å²) >= 11 is 6.05. The van der Waals surface area contributed by atoms with Gasteiger partial charge in [-0.1, -0.05) is 23.7 Å². The number of nitriles is 1. The van der Waals surface area contributed by atoms with Gasteiger partial charge in [-0.25, -0.2) is 8.42 Å². The van der Waals surface area contributed by atoms with Crippen molar-refractivity contribution in [3.8, 4) is 17.6 Å². The Labute approximate surface area is 209 Å². The molecule has 3 rings (SSSR count). The number of ether oxygens (including phenoxy) is 1. The number of aliphatic hydroxyl groups is 1. The van der Waals surface area contributed by atoms with Gasteiger partial charge in [0.2, 0.25) is 5.91 Å². The smallest absolute Gasteiger partial charge is 0.228 e. The number of hydrogen-bond acceptors (Lipinski definition) is 6. The fourth-order valence-electron chi connectivity index (χ4n) is 3.40. The third-order valence-electron chi connectivity index (χ3n) is 5.25. The lowest BCUT2D eigenvalue weighted by atomic mass is 10.1. The summed E-state index contributed by atoms with van der Waals surface area (Å²) in [6, 6.07) is 16.7. The fraction of sp³-hybridized carbons (Fsp3) is 0.231. The lowest BCUT2D eigenvalue weighted by Crippen LogP contribution is -2.16. The maximum atomic E-state index is 12.7. The topological polar surface area (TPSA) is 116 Å². The van der Waals surface area contributed by atoms with Gasteiger partial charge in [0, 0.05) is 17.3 Å². The second-order valence-electron chi connectivity index (χ2n) is 8.09. The molecule has 0 spiro atoms. The average Bonchev–Trinajstić information content (AvgIpc) is 2.80. The number of hydrogen-bond donors (Lipinski definition) is 2. The highest BCUT2D eigenvalue weighted by Gasteiger charge is 2.16. The summed E-state index contributed by atoms with van der Waals surface area (Å²) in [5.74, 6) is 0.547. The molecule has 0 radical (unpaired) electrons. The van der Waals surface area contributed by atoms with Gasteiger partial charge in [0.05, 0.1) is 28.7 Å². The van der Waals surface area contributed by atoms with E-state index >= 15 is 0 Å². The van der Waals surface area contributed by atoms with Crippen molar-refractivity contribution in [2.45, 2.75) is 31.6 Å². The number of amides is 1.